The van der Waals surface area contributed by atoms with E-state index in [-0.39, 0.29) is 17.2 Å². The van der Waals surface area contributed by atoms with Crippen molar-refractivity contribution in [3.05, 3.63) is 52.4 Å². The monoisotopic (exact) mass is 328 g/mol. The van der Waals surface area contributed by atoms with E-state index in [9.17, 15) is 9.59 Å². The van der Waals surface area contributed by atoms with Crippen LogP contribution in [-0.4, -0.2) is 28.8 Å². The van der Waals surface area contributed by atoms with Gasteiger partial charge in [0.05, 0.1) is 0 Å². The van der Waals surface area contributed by atoms with Gasteiger partial charge in [0, 0.05) is 37.1 Å². The molecule has 0 bridgehead atoms. The lowest BCUT2D eigenvalue weighted by Crippen LogP contribution is -2.26. The number of hydrogen-bond donors (Lipinski definition) is 1. The SMILES string of the molecule is CCCn1nc(C(=O)Nc2ccc(N(CC)CC)cc2)ccc1=O. The number of aromatic nitrogens is 2. The van der Waals surface area contributed by atoms with E-state index in [2.05, 4.69) is 29.2 Å². The maximum absolute atomic E-state index is 12.3. The fourth-order valence-electron chi connectivity index (χ4n) is 2.48. The molecule has 0 saturated heterocycles. The summed E-state index contributed by atoms with van der Waals surface area (Å²) < 4.78 is 1.32. The number of benzene rings is 1. The van der Waals surface area contributed by atoms with Crippen molar-refractivity contribution in [2.24, 2.45) is 0 Å². The Bertz CT molecular complexity index is 733. The van der Waals surface area contributed by atoms with Crippen LogP contribution < -0.4 is 15.8 Å². The highest BCUT2D eigenvalue weighted by Gasteiger charge is 2.10. The molecule has 0 radical (unpaired) electrons. The zero-order valence-corrected chi connectivity index (χ0v) is 14.5. The van der Waals surface area contributed by atoms with Gasteiger partial charge in [-0.2, -0.15) is 5.10 Å². The third-order valence-electron chi connectivity index (χ3n) is 3.79. The van der Waals surface area contributed by atoms with Crippen molar-refractivity contribution in [1.29, 1.82) is 0 Å². The lowest BCUT2D eigenvalue weighted by Gasteiger charge is -2.21. The quantitative estimate of drug-likeness (QED) is 0.848. The minimum Gasteiger partial charge on any atom is -0.372 e. The highest BCUT2D eigenvalue weighted by molar-refractivity contribution is 6.02. The van der Waals surface area contributed by atoms with Crippen LogP contribution in [0.4, 0.5) is 11.4 Å². The Morgan fingerprint density at radius 1 is 1.08 bits per heavy atom. The third kappa shape index (κ3) is 4.22. The van der Waals surface area contributed by atoms with Gasteiger partial charge in [0.2, 0.25) is 0 Å². The predicted molar refractivity (Wildman–Crippen MR) is 96.7 cm³/mol. The van der Waals surface area contributed by atoms with Crippen LogP contribution in [0.25, 0.3) is 0 Å². The zero-order chi connectivity index (χ0) is 17.5. The van der Waals surface area contributed by atoms with Gasteiger partial charge in [0.1, 0.15) is 5.69 Å². The van der Waals surface area contributed by atoms with Crippen LogP contribution in [0.2, 0.25) is 0 Å². The molecule has 6 nitrogen and oxygen atoms in total. The average Bonchev–Trinajstić information content (AvgIpc) is 2.59. The molecule has 6 heteroatoms. The van der Waals surface area contributed by atoms with Gasteiger partial charge < -0.3 is 10.2 Å². The first-order chi connectivity index (χ1) is 11.6. The van der Waals surface area contributed by atoms with Crippen LogP contribution in [0, 0.1) is 0 Å². The van der Waals surface area contributed by atoms with Crippen LogP contribution >= 0.6 is 0 Å². The lowest BCUT2D eigenvalue weighted by atomic mass is 10.2. The summed E-state index contributed by atoms with van der Waals surface area (Å²) in [6.07, 6.45) is 0.783. The van der Waals surface area contributed by atoms with Crippen molar-refractivity contribution in [3.63, 3.8) is 0 Å². The highest BCUT2D eigenvalue weighted by Crippen LogP contribution is 2.18. The smallest absolute Gasteiger partial charge is 0.276 e. The molecular formula is C18H24N4O2. The Balaban J connectivity index is 2.12. The summed E-state index contributed by atoms with van der Waals surface area (Å²) in [6.45, 7) is 8.54. The van der Waals surface area contributed by atoms with Crippen LogP contribution in [0.15, 0.2) is 41.2 Å². The molecule has 1 amide bonds. The molecule has 1 N–H and O–H groups in total. The molecule has 0 fully saturated rings. The molecule has 0 unspecified atom stereocenters. The lowest BCUT2D eigenvalue weighted by molar-refractivity contribution is 0.102. The molecule has 0 aliphatic rings. The molecule has 0 spiro atoms. The van der Waals surface area contributed by atoms with Gasteiger partial charge in [0.15, 0.2) is 0 Å². The number of nitrogens with one attached hydrogen (secondary N) is 1. The molecule has 0 saturated carbocycles. The van der Waals surface area contributed by atoms with Gasteiger partial charge in [-0.3, -0.25) is 9.59 Å². The van der Waals surface area contributed by atoms with Crippen LogP contribution in [0.5, 0.6) is 0 Å². The minimum absolute atomic E-state index is 0.197. The number of nitrogens with zero attached hydrogens (tertiary/aromatic N) is 3. The van der Waals surface area contributed by atoms with Crippen LogP contribution in [0.3, 0.4) is 0 Å². The number of aryl methyl sites for hydroxylation is 1. The van der Waals surface area contributed by atoms with E-state index >= 15 is 0 Å². The molecule has 2 rings (SSSR count). The van der Waals surface area contributed by atoms with Gasteiger partial charge in [-0.1, -0.05) is 6.92 Å². The van der Waals surface area contributed by atoms with Gasteiger partial charge in [-0.15, -0.1) is 0 Å². The van der Waals surface area contributed by atoms with Crippen LogP contribution in [-0.2, 0) is 6.54 Å². The molecule has 0 aliphatic carbocycles. The minimum atomic E-state index is -0.324. The van der Waals surface area contributed by atoms with Crippen molar-refractivity contribution < 1.29 is 4.79 Å². The molecular weight excluding hydrogens is 304 g/mol. The van der Waals surface area contributed by atoms with Gasteiger partial charge in [0.25, 0.3) is 11.5 Å². The van der Waals surface area contributed by atoms with Crippen molar-refractivity contribution in [2.75, 3.05) is 23.3 Å². The zero-order valence-electron chi connectivity index (χ0n) is 14.5. The second kappa shape index (κ2) is 8.29. The number of hydrogen-bond acceptors (Lipinski definition) is 4. The maximum Gasteiger partial charge on any atom is 0.276 e. The first kappa shape index (κ1) is 17.7. The third-order valence-corrected chi connectivity index (χ3v) is 3.79. The van der Waals surface area contributed by atoms with E-state index in [0.717, 1.165) is 25.2 Å². The second-order valence-corrected chi connectivity index (χ2v) is 5.45. The number of carbonyl (C=O) groups excluding carboxylic acids is 1. The maximum atomic E-state index is 12.3. The normalized spacial score (nSPS) is 10.5. The Kier molecular flexibility index (Phi) is 6.12. The summed E-state index contributed by atoms with van der Waals surface area (Å²) in [5.74, 6) is -0.324. The topological polar surface area (TPSA) is 67.2 Å². The highest BCUT2D eigenvalue weighted by atomic mass is 16.2. The standard InChI is InChI=1S/C18H24N4O2/c1-4-13-22-17(23)12-11-16(20-22)18(24)19-14-7-9-15(10-8-14)21(5-2)6-3/h7-12H,4-6,13H2,1-3H3,(H,19,24). The molecule has 1 aromatic carbocycles. The van der Waals surface area contributed by atoms with E-state index in [4.69, 9.17) is 0 Å². The van der Waals surface area contributed by atoms with E-state index in [1.165, 1.54) is 16.8 Å². The number of anilines is 2. The largest absolute Gasteiger partial charge is 0.372 e. The summed E-state index contributed by atoms with van der Waals surface area (Å²) in [7, 11) is 0. The van der Waals surface area contributed by atoms with Gasteiger partial charge in [-0.25, -0.2) is 4.68 Å². The molecule has 0 aliphatic heterocycles. The molecule has 2 aromatic rings. The Labute approximate surface area is 142 Å². The van der Waals surface area contributed by atoms with Crippen molar-refractivity contribution in [2.45, 2.75) is 33.7 Å². The van der Waals surface area contributed by atoms with E-state index in [1.54, 1.807) is 0 Å². The summed E-state index contributed by atoms with van der Waals surface area (Å²) >= 11 is 0. The summed E-state index contributed by atoms with van der Waals surface area (Å²) in [5, 5.41) is 6.93. The number of amides is 1. The molecule has 24 heavy (non-hydrogen) atoms. The van der Waals surface area contributed by atoms with Crippen molar-refractivity contribution >= 4 is 17.3 Å². The molecule has 1 heterocycles. The Hall–Kier alpha value is -2.63. The second-order valence-electron chi connectivity index (χ2n) is 5.45. The van der Waals surface area contributed by atoms with Crippen molar-refractivity contribution in [1.82, 2.24) is 9.78 Å². The first-order valence-electron chi connectivity index (χ1n) is 8.33. The van der Waals surface area contributed by atoms with E-state index in [1.807, 2.05) is 31.2 Å². The number of rotatable bonds is 7. The summed E-state index contributed by atoms with van der Waals surface area (Å²) in [6, 6.07) is 10.5. The van der Waals surface area contributed by atoms with E-state index < -0.39 is 0 Å². The molecule has 1 aromatic heterocycles. The molecule has 128 valence electrons. The fraction of sp³-hybridized carbons (Fsp3) is 0.389. The van der Waals surface area contributed by atoms with E-state index in [0.29, 0.717) is 12.2 Å². The van der Waals surface area contributed by atoms with Crippen molar-refractivity contribution in [3.8, 4) is 0 Å². The van der Waals surface area contributed by atoms with Gasteiger partial charge >= 0.3 is 0 Å². The average molecular weight is 328 g/mol. The summed E-state index contributed by atoms with van der Waals surface area (Å²) in [5.41, 5.74) is 1.85. The Morgan fingerprint density at radius 2 is 1.75 bits per heavy atom. The molecule has 0 atom stereocenters. The Morgan fingerprint density at radius 3 is 2.33 bits per heavy atom. The fourth-order valence-corrected chi connectivity index (χ4v) is 2.48. The first-order valence-corrected chi connectivity index (χ1v) is 8.33. The number of carbonyl (C=O) groups is 1. The van der Waals surface area contributed by atoms with Gasteiger partial charge in [-0.05, 0) is 50.6 Å². The van der Waals surface area contributed by atoms with Crippen LogP contribution in [0.1, 0.15) is 37.7 Å². The summed E-state index contributed by atoms with van der Waals surface area (Å²) in [4.78, 5) is 26.2. The predicted octanol–water partition coefficient (Wildman–Crippen LogP) is 2.75.